The van der Waals surface area contributed by atoms with Crippen molar-refractivity contribution < 1.29 is 4.79 Å². The Morgan fingerprint density at radius 3 is 2.93 bits per heavy atom. The van der Waals surface area contributed by atoms with Crippen LogP contribution in [0.4, 0.5) is 0 Å². The molecular formula is C10H17ClN2O. The van der Waals surface area contributed by atoms with Crippen molar-refractivity contribution in [1.29, 1.82) is 0 Å². The number of fused-ring (bicyclic) bond motifs is 2. The van der Waals surface area contributed by atoms with Crippen LogP contribution in [0.2, 0.25) is 0 Å². The third-order valence-electron chi connectivity index (χ3n) is 3.37. The maximum Gasteiger partial charge on any atom is 0.237 e. The lowest BCUT2D eigenvalue weighted by molar-refractivity contribution is -0.129. The first-order valence-electron chi connectivity index (χ1n) is 5.28. The molecule has 0 aromatic carbocycles. The van der Waals surface area contributed by atoms with Crippen molar-refractivity contribution >= 4 is 17.5 Å². The quantitative estimate of drug-likeness (QED) is 0.605. The average Bonchev–Trinajstić information content (AvgIpc) is 2.56. The fraction of sp³-hybridized carbons (Fsp3) is 0.900. The van der Waals surface area contributed by atoms with Gasteiger partial charge < -0.3 is 4.90 Å². The summed E-state index contributed by atoms with van der Waals surface area (Å²) in [7, 11) is 0. The Labute approximate surface area is 90.0 Å². The molecule has 2 saturated heterocycles. The summed E-state index contributed by atoms with van der Waals surface area (Å²) in [6.07, 6.45) is 1.23. The molecule has 2 heterocycles. The smallest absolute Gasteiger partial charge is 0.237 e. The van der Waals surface area contributed by atoms with Gasteiger partial charge in [0.25, 0.3) is 0 Å². The van der Waals surface area contributed by atoms with Gasteiger partial charge in [-0.25, -0.2) is 0 Å². The Morgan fingerprint density at radius 2 is 2.21 bits per heavy atom. The highest BCUT2D eigenvalue weighted by Gasteiger charge is 2.33. The molecular weight excluding hydrogens is 200 g/mol. The van der Waals surface area contributed by atoms with Crippen LogP contribution in [-0.4, -0.2) is 53.8 Å². The van der Waals surface area contributed by atoms with E-state index in [1.165, 1.54) is 13.0 Å². The van der Waals surface area contributed by atoms with Gasteiger partial charge in [-0.2, -0.15) is 0 Å². The van der Waals surface area contributed by atoms with E-state index in [1.807, 2.05) is 4.90 Å². The first kappa shape index (κ1) is 10.2. The van der Waals surface area contributed by atoms with Crippen LogP contribution in [0.1, 0.15) is 13.3 Å². The molecule has 0 spiro atoms. The Balaban J connectivity index is 2.04. The van der Waals surface area contributed by atoms with Crippen LogP contribution < -0.4 is 0 Å². The largest absolute Gasteiger partial charge is 0.340 e. The van der Waals surface area contributed by atoms with Gasteiger partial charge in [-0.05, 0) is 25.8 Å². The molecule has 80 valence electrons. The van der Waals surface area contributed by atoms with Gasteiger partial charge in [0, 0.05) is 25.7 Å². The highest BCUT2D eigenvalue weighted by molar-refractivity contribution is 6.27. The van der Waals surface area contributed by atoms with Crippen molar-refractivity contribution in [3.63, 3.8) is 0 Å². The van der Waals surface area contributed by atoms with Crippen molar-refractivity contribution in [3.8, 4) is 0 Å². The third-order valence-corrected chi connectivity index (χ3v) is 3.60. The van der Waals surface area contributed by atoms with E-state index in [0.29, 0.717) is 12.0 Å². The molecule has 0 saturated carbocycles. The second-order valence-electron chi connectivity index (χ2n) is 4.43. The SMILES string of the molecule is CC1CN(C(=O)CCl)CC2CCN1C2. The summed E-state index contributed by atoms with van der Waals surface area (Å²) in [5.41, 5.74) is 0. The number of carbonyl (C=O) groups is 1. The summed E-state index contributed by atoms with van der Waals surface area (Å²) in [6, 6.07) is 0.495. The Kier molecular flexibility index (Phi) is 2.98. The van der Waals surface area contributed by atoms with Crippen LogP contribution in [0, 0.1) is 5.92 Å². The van der Waals surface area contributed by atoms with E-state index in [4.69, 9.17) is 11.6 Å². The average molecular weight is 217 g/mol. The number of amides is 1. The number of alkyl halides is 1. The topological polar surface area (TPSA) is 23.6 Å². The van der Waals surface area contributed by atoms with E-state index < -0.39 is 0 Å². The van der Waals surface area contributed by atoms with Crippen LogP contribution in [0.3, 0.4) is 0 Å². The van der Waals surface area contributed by atoms with Crippen LogP contribution in [0.5, 0.6) is 0 Å². The Morgan fingerprint density at radius 1 is 1.43 bits per heavy atom. The van der Waals surface area contributed by atoms with E-state index in [1.54, 1.807) is 0 Å². The van der Waals surface area contributed by atoms with Gasteiger partial charge in [0.15, 0.2) is 0 Å². The minimum atomic E-state index is 0.0901. The summed E-state index contributed by atoms with van der Waals surface area (Å²) >= 11 is 5.58. The van der Waals surface area contributed by atoms with Gasteiger partial charge in [-0.3, -0.25) is 9.69 Å². The molecule has 14 heavy (non-hydrogen) atoms. The van der Waals surface area contributed by atoms with Gasteiger partial charge in [0.2, 0.25) is 5.91 Å². The lowest BCUT2D eigenvalue weighted by Crippen LogP contribution is -2.42. The van der Waals surface area contributed by atoms with Crippen LogP contribution in [0.15, 0.2) is 0 Å². The van der Waals surface area contributed by atoms with Gasteiger partial charge >= 0.3 is 0 Å². The van der Waals surface area contributed by atoms with Crippen molar-refractivity contribution in [2.24, 2.45) is 5.92 Å². The van der Waals surface area contributed by atoms with Crippen molar-refractivity contribution in [2.45, 2.75) is 19.4 Å². The number of nitrogens with zero attached hydrogens (tertiary/aromatic N) is 2. The second-order valence-corrected chi connectivity index (χ2v) is 4.70. The normalized spacial score (nSPS) is 37.0. The van der Waals surface area contributed by atoms with Gasteiger partial charge in [-0.1, -0.05) is 0 Å². The monoisotopic (exact) mass is 216 g/mol. The molecule has 0 radical (unpaired) electrons. The van der Waals surface area contributed by atoms with Crippen LogP contribution in [0.25, 0.3) is 0 Å². The van der Waals surface area contributed by atoms with E-state index in [9.17, 15) is 4.79 Å². The highest BCUT2D eigenvalue weighted by atomic mass is 35.5. The molecule has 0 aromatic heterocycles. The minimum Gasteiger partial charge on any atom is -0.340 e. The van der Waals surface area contributed by atoms with E-state index in [2.05, 4.69) is 11.8 Å². The molecule has 2 aliphatic heterocycles. The zero-order chi connectivity index (χ0) is 10.1. The highest BCUT2D eigenvalue weighted by Crippen LogP contribution is 2.24. The van der Waals surface area contributed by atoms with Gasteiger partial charge in [-0.15, -0.1) is 11.6 Å². The number of hydrogen-bond acceptors (Lipinski definition) is 2. The zero-order valence-electron chi connectivity index (χ0n) is 8.58. The molecule has 2 aliphatic rings. The molecule has 2 rings (SSSR count). The number of rotatable bonds is 1. The first-order chi connectivity index (χ1) is 6.70. The molecule has 4 heteroatoms. The number of carbonyl (C=O) groups excluding carboxylic acids is 1. The maximum atomic E-state index is 11.5. The summed E-state index contributed by atoms with van der Waals surface area (Å²) < 4.78 is 0. The molecule has 3 nitrogen and oxygen atoms in total. The third kappa shape index (κ3) is 1.89. The molecule has 0 N–H and O–H groups in total. The van der Waals surface area contributed by atoms with E-state index in [0.717, 1.165) is 19.6 Å². The van der Waals surface area contributed by atoms with Crippen LogP contribution in [-0.2, 0) is 4.79 Å². The molecule has 0 aliphatic carbocycles. The summed E-state index contributed by atoms with van der Waals surface area (Å²) in [4.78, 5) is 15.9. The lowest BCUT2D eigenvalue weighted by Gasteiger charge is -2.28. The zero-order valence-corrected chi connectivity index (χ0v) is 9.33. The summed E-state index contributed by atoms with van der Waals surface area (Å²) in [5.74, 6) is 0.888. The fourth-order valence-electron chi connectivity index (χ4n) is 2.52. The van der Waals surface area contributed by atoms with E-state index in [-0.39, 0.29) is 11.8 Å². The predicted molar refractivity (Wildman–Crippen MR) is 56.4 cm³/mol. The summed E-state index contributed by atoms with van der Waals surface area (Å²) in [5, 5.41) is 0. The Hall–Kier alpha value is -0.280. The Bertz CT molecular complexity index is 232. The van der Waals surface area contributed by atoms with E-state index >= 15 is 0 Å². The predicted octanol–water partition coefficient (Wildman–Crippen LogP) is 0.778. The van der Waals surface area contributed by atoms with Crippen LogP contribution >= 0.6 is 11.6 Å². The number of hydrogen-bond donors (Lipinski definition) is 0. The lowest BCUT2D eigenvalue weighted by atomic mass is 10.1. The molecule has 2 bridgehead atoms. The maximum absolute atomic E-state index is 11.5. The minimum absolute atomic E-state index is 0.0901. The fourth-order valence-corrected chi connectivity index (χ4v) is 2.69. The van der Waals surface area contributed by atoms with Crippen molar-refractivity contribution in [2.75, 3.05) is 32.1 Å². The molecule has 3 atom stereocenters. The molecule has 3 unspecified atom stereocenters. The molecule has 1 amide bonds. The van der Waals surface area contributed by atoms with Gasteiger partial charge in [0.1, 0.15) is 5.88 Å². The second kappa shape index (κ2) is 4.07. The molecule has 2 fully saturated rings. The first-order valence-corrected chi connectivity index (χ1v) is 5.82. The number of halogens is 1. The standard InChI is InChI=1S/C10H17ClN2O/c1-8-5-13(10(14)4-11)7-9-2-3-12(8)6-9/h8-9H,2-7H2,1H3. The van der Waals surface area contributed by atoms with Crippen molar-refractivity contribution in [1.82, 2.24) is 9.80 Å². The van der Waals surface area contributed by atoms with Crippen molar-refractivity contribution in [3.05, 3.63) is 0 Å². The molecule has 0 aromatic rings. The van der Waals surface area contributed by atoms with Gasteiger partial charge in [0.05, 0.1) is 0 Å². The summed E-state index contributed by atoms with van der Waals surface area (Å²) in [6.45, 7) is 6.32.